The van der Waals surface area contributed by atoms with E-state index < -0.39 is 5.60 Å². The van der Waals surface area contributed by atoms with Crippen LogP contribution < -0.4 is 0 Å². The first-order chi connectivity index (χ1) is 7.60. The number of benzene rings is 1. The molecule has 1 N–H and O–H groups in total. The zero-order valence-corrected chi connectivity index (χ0v) is 9.62. The molecule has 0 saturated heterocycles. The molecule has 1 rings (SSSR count). The van der Waals surface area contributed by atoms with Crippen LogP contribution in [0.15, 0.2) is 24.3 Å². The van der Waals surface area contributed by atoms with Crippen molar-refractivity contribution in [2.75, 3.05) is 0 Å². The molecule has 82 valence electrons. The lowest BCUT2D eigenvalue weighted by Crippen LogP contribution is -2.20. The maximum absolute atomic E-state index is 10.2. The van der Waals surface area contributed by atoms with Gasteiger partial charge in [0.15, 0.2) is 0 Å². The van der Waals surface area contributed by atoms with Gasteiger partial charge in [-0.1, -0.05) is 12.1 Å². The van der Waals surface area contributed by atoms with Gasteiger partial charge in [-0.25, -0.2) is 0 Å². The number of aliphatic hydroxyl groups is 1. The van der Waals surface area contributed by atoms with Gasteiger partial charge in [0.25, 0.3) is 0 Å². The molecular formula is C14H15NO. The molecule has 2 nitrogen and oxygen atoms in total. The fourth-order valence-electron chi connectivity index (χ4n) is 1.48. The van der Waals surface area contributed by atoms with Crippen LogP contribution in [-0.2, 0) is 5.60 Å². The van der Waals surface area contributed by atoms with Crippen LogP contribution in [0.5, 0.6) is 0 Å². The van der Waals surface area contributed by atoms with Crippen molar-refractivity contribution >= 4 is 0 Å². The van der Waals surface area contributed by atoms with Crippen LogP contribution >= 0.6 is 0 Å². The summed E-state index contributed by atoms with van der Waals surface area (Å²) >= 11 is 0. The third kappa shape index (κ3) is 3.12. The predicted octanol–water partition coefficient (Wildman–Crippen LogP) is 2.57. The van der Waals surface area contributed by atoms with Crippen molar-refractivity contribution in [2.24, 2.45) is 0 Å². The maximum atomic E-state index is 10.2. The molecule has 1 aromatic carbocycles. The van der Waals surface area contributed by atoms with Gasteiger partial charge in [0.2, 0.25) is 0 Å². The molecule has 1 aromatic rings. The van der Waals surface area contributed by atoms with Crippen molar-refractivity contribution in [3.05, 3.63) is 35.4 Å². The minimum absolute atomic E-state index is 0.597. The minimum atomic E-state index is -0.877. The normalized spacial score (nSPS) is 13.1. The molecule has 0 aliphatic carbocycles. The Morgan fingerprint density at radius 1 is 1.31 bits per heavy atom. The smallest absolute Gasteiger partial charge is 0.0991 e. The molecule has 0 aliphatic heterocycles. The van der Waals surface area contributed by atoms with Gasteiger partial charge in [-0.3, -0.25) is 0 Å². The minimum Gasteiger partial charge on any atom is -0.385 e. The Morgan fingerprint density at radius 2 is 1.94 bits per heavy atom. The zero-order valence-electron chi connectivity index (χ0n) is 9.62. The Hall–Kier alpha value is -1.77. The fraction of sp³-hybridized carbons (Fsp3) is 0.357. The highest BCUT2D eigenvalue weighted by Crippen LogP contribution is 2.25. The molecule has 1 unspecified atom stereocenters. The number of hydrogen-bond donors (Lipinski definition) is 1. The first kappa shape index (κ1) is 12.3. The van der Waals surface area contributed by atoms with Crippen LogP contribution in [-0.4, -0.2) is 5.11 Å². The van der Waals surface area contributed by atoms with E-state index in [-0.39, 0.29) is 0 Å². The molecule has 1 atom stereocenters. The number of nitriles is 1. The Bertz CT molecular complexity index is 440. The van der Waals surface area contributed by atoms with Crippen LogP contribution in [0.25, 0.3) is 0 Å². The summed E-state index contributed by atoms with van der Waals surface area (Å²) in [5.74, 6) is 5.74. The molecule has 0 spiro atoms. The summed E-state index contributed by atoms with van der Waals surface area (Å²) in [6, 6.07) is 9.07. The summed E-state index contributed by atoms with van der Waals surface area (Å²) in [5, 5.41) is 18.9. The van der Waals surface area contributed by atoms with Crippen molar-refractivity contribution < 1.29 is 5.11 Å². The van der Waals surface area contributed by atoms with Crippen LogP contribution in [0.1, 0.15) is 37.8 Å². The lowest BCUT2D eigenvalue weighted by Gasteiger charge is -2.22. The van der Waals surface area contributed by atoms with Gasteiger partial charge in [-0.15, -0.1) is 11.8 Å². The average molecular weight is 213 g/mol. The first-order valence-electron chi connectivity index (χ1n) is 5.23. The molecule has 16 heavy (non-hydrogen) atoms. The third-order valence-corrected chi connectivity index (χ3v) is 2.55. The van der Waals surface area contributed by atoms with Crippen molar-refractivity contribution in [3.63, 3.8) is 0 Å². The molecule has 0 aromatic heterocycles. The van der Waals surface area contributed by atoms with E-state index in [0.29, 0.717) is 18.4 Å². The Labute approximate surface area is 96.5 Å². The van der Waals surface area contributed by atoms with E-state index >= 15 is 0 Å². The van der Waals surface area contributed by atoms with Crippen LogP contribution in [0.2, 0.25) is 0 Å². The lowest BCUT2D eigenvalue weighted by molar-refractivity contribution is 0.0494. The van der Waals surface area contributed by atoms with Gasteiger partial charge < -0.3 is 5.11 Å². The van der Waals surface area contributed by atoms with E-state index in [1.165, 1.54) is 0 Å². The lowest BCUT2D eigenvalue weighted by atomic mass is 9.91. The highest BCUT2D eigenvalue weighted by atomic mass is 16.3. The summed E-state index contributed by atoms with van der Waals surface area (Å²) in [4.78, 5) is 0. The highest BCUT2D eigenvalue weighted by Gasteiger charge is 2.21. The summed E-state index contributed by atoms with van der Waals surface area (Å²) in [5.41, 5.74) is 0.551. The van der Waals surface area contributed by atoms with E-state index in [1.807, 2.05) is 0 Å². The SMILES string of the molecule is CC#CCCC(C)(O)c1ccc(C#N)cc1. The molecule has 0 bridgehead atoms. The maximum Gasteiger partial charge on any atom is 0.0991 e. The second-order valence-corrected chi connectivity index (χ2v) is 3.89. The molecular weight excluding hydrogens is 198 g/mol. The fourth-order valence-corrected chi connectivity index (χ4v) is 1.48. The summed E-state index contributed by atoms with van der Waals surface area (Å²) in [7, 11) is 0. The van der Waals surface area contributed by atoms with E-state index in [1.54, 1.807) is 38.1 Å². The molecule has 0 fully saturated rings. The van der Waals surface area contributed by atoms with Crippen LogP contribution in [0.4, 0.5) is 0 Å². The standard InChI is InChI=1S/C14H15NO/c1-3-4-5-10-14(2,16)13-8-6-12(11-15)7-9-13/h6-9,16H,5,10H2,1-2H3. The largest absolute Gasteiger partial charge is 0.385 e. The van der Waals surface area contributed by atoms with Gasteiger partial charge >= 0.3 is 0 Å². The monoisotopic (exact) mass is 213 g/mol. The van der Waals surface area contributed by atoms with Crippen LogP contribution in [0.3, 0.4) is 0 Å². The average Bonchev–Trinajstić information content (AvgIpc) is 2.29. The molecule has 0 aliphatic rings. The quantitative estimate of drug-likeness (QED) is 0.784. The number of rotatable bonds is 3. The Morgan fingerprint density at radius 3 is 2.44 bits per heavy atom. The topological polar surface area (TPSA) is 44.0 Å². The predicted molar refractivity (Wildman–Crippen MR) is 63.4 cm³/mol. The number of hydrogen-bond acceptors (Lipinski definition) is 2. The van der Waals surface area contributed by atoms with Crippen molar-refractivity contribution in [3.8, 4) is 17.9 Å². The summed E-state index contributed by atoms with van der Waals surface area (Å²) < 4.78 is 0. The molecule has 0 amide bonds. The molecule has 0 heterocycles. The molecule has 2 heteroatoms. The highest BCUT2D eigenvalue weighted by molar-refractivity contribution is 5.33. The van der Waals surface area contributed by atoms with Crippen molar-refractivity contribution in [1.29, 1.82) is 5.26 Å². The second kappa shape index (κ2) is 5.35. The van der Waals surface area contributed by atoms with Gasteiger partial charge in [-0.05, 0) is 38.0 Å². The summed E-state index contributed by atoms with van der Waals surface area (Å²) in [6.07, 6.45) is 1.27. The summed E-state index contributed by atoms with van der Waals surface area (Å²) in [6.45, 7) is 3.56. The number of nitrogens with zero attached hydrogens (tertiary/aromatic N) is 1. The van der Waals surface area contributed by atoms with E-state index in [4.69, 9.17) is 5.26 Å². The van der Waals surface area contributed by atoms with E-state index in [9.17, 15) is 5.11 Å². The van der Waals surface area contributed by atoms with Crippen molar-refractivity contribution in [1.82, 2.24) is 0 Å². The molecule has 0 radical (unpaired) electrons. The zero-order chi connectivity index (χ0) is 12.0. The van der Waals surface area contributed by atoms with Gasteiger partial charge in [0.1, 0.15) is 0 Å². The third-order valence-electron chi connectivity index (χ3n) is 2.55. The van der Waals surface area contributed by atoms with Gasteiger partial charge in [0, 0.05) is 6.42 Å². The Balaban J connectivity index is 2.80. The van der Waals surface area contributed by atoms with E-state index in [0.717, 1.165) is 5.56 Å². The Kier molecular flexibility index (Phi) is 4.11. The van der Waals surface area contributed by atoms with Crippen molar-refractivity contribution in [2.45, 2.75) is 32.3 Å². The van der Waals surface area contributed by atoms with Crippen LogP contribution in [0, 0.1) is 23.2 Å². The second-order valence-electron chi connectivity index (χ2n) is 3.89. The van der Waals surface area contributed by atoms with Gasteiger partial charge in [0.05, 0.1) is 17.2 Å². The molecule has 0 saturated carbocycles. The van der Waals surface area contributed by atoms with Gasteiger partial charge in [-0.2, -0.15) is 5.26 Å². The first-order valence-corrected chi connectivity index (χ1v) is 5.23. The van der Waals surface area contributed by atoms with E-state index in [2.05, 4.69) is 17.9 Å².